The first-order valence-electron chi connectivity index (χ1n) is 6.05. The van der Waals surface area contributed by atoms with Crippen LogP contribution in [0.3, 0.4) is 0 Å². The van der Waals surface area contributed by atoms with Gasteiger partial charge in [-0.2, -0.15) is 0 Å². The smallest absolute Gasteiger partial charge is 0.262 e. The van der Waals surface area contributed by atoms with E-state index in [2.05, 4.69) is 19.2 Å². The van der Waals surface area contributed by atoms with Crippen molar-refractivity contribution >= 4 is 37.0 Å². The van der Waals surface area contributed by atoms with Crippen LogP contribution in [0, 0.1) is 12.8 Å². The molecule has 0 unspecified atom stereocenters. The van der Waals surface area contributed by atoms with E-state index >= 15 is 0 Å². The lowest BCUT2D eigenvalue weighted by molar-refractivity contribution is 0.0956. The van der Waals surface area contributed by atoms with Gasteiger partial charge in [-0.1, -0.05) is 13.8 Å². The minimum Gasteiger partial charge on any atom is -0.351 e. The maximum absolute atomic E-state index is 11.8. The molecule has 19 heavy (non-hydrogen) atoms. The van der Waals surface area contributed by atoms with Crippen LogP contribution < -0.4 is 5.32 Å². The molecular formula is C12H18ClNO3S2. The molecule has 1 heterocycles. The second kappa shape index (κ2) is 6.72. The number of carbonyl (C=O) groups is 1. The van der Waals surface area contributed by atoms with Crippen LogP contribution in [0.1, 0.15) is 41.2 Å². The van der Waals surface area contributed by atoms with Crippen LogP contribution in [0.4, 0.5) is 0 Å². The van der Waals surface area contributed by atoms with Crippen molar-refractivity contribution in [1.82, 2.24) is 5.32 Å². The maximum atomic E-state index is 11.8. The van der Waals surface area contributed by atoms with Crippen molar-refractivity contribution in [3.8, 4) is 0 Å². The summed E-state index contributed by atoms with van der Waals surface area (Å²) in [5.41, 5.74) is 0. The van der Waals surface area contributed by atoms with Gasteiger partial charge in [-0.05, 0) is 31.7 Å². The predicted octanol–water partition coefficient (Wildman–Crippen LogP) is 3.15. The summed E-state index contributed by atoms with van der Waals surface area (Å²) < 4.78 is 22.5. The summed E-state index contributed by atoms with van der Waals surface area (Å²) in [5.74, 6) is 0.359. The van der Waals surface area contributed by atoms with Gasteiger partial charge in [-0.15, -0.1) is 11.3 Å². The van der Waals surface area contributed by atoms with Crippen molar-refractivity contribution in [2.45, 2.75) is 38.5 Å². The lowest BCUT2D eigenvalue weighted by atomic mass is 10.1. The molecule has 4 nitrogen and oxygen atoms in total. The molecule has 0 fully saturated rings. The fraction of sp³-hybridized carbons (Fsp3) is 0.583. The fourth-order valence-corrected chi connectivity index (χ4v) is 4.20. The van der Waals surface area contributed by atoms with E-state index in [-0.39, 0.29) is 10.8 Å². The van der Waals surface area contributed by atoms with Gasteiger partial charge in [0.25, 0.3) is 15.0 Å². The Bertz CT molecular complexity index is 549. The molecule has 7 heteroatoms. The number of nitrogens with one attached hydrogen (secondary N) is 1. The first kappa shape index (κ1) is 16.5. The number of amides is 1. The highest BCUT2D eigenvalue weighted by atomic mass is 35.7. The zero-order valence-electron chi connectivity index (χ0n) is 11.2. The third kappa shape index (κ3) is 5.12. The molecule has 0 atom stereocenters. The zero-order valence-corrected chi connectivity index (χ0v) is 13.6. The van der Waals surface area contributed by atoms with E-state index < -0.39 is 9.05 Å². The Hall–Kier alpha value is -0.590. The van der Waals surface area contributed by atoms with Crippen LogP contribution >= 0.6 is 22.0 Å². The normalized spacial score (nSPS) is 11.8. The first-order chi connectivity index (χ1) is 8.71. The van der Waals surface area contributed by atoms with Crippen molar-refractivity contribution < 1.29 is 13.2 Å². The van der Waals surface area contributed by atoms with Gasteiger partial charge in [0.15, 0.2) is 0 Å². The van der Waals surface area contributed by atoms with Crippen LogP contribution in [-0.2, 0) is 9.05 Å². The van der Waals surface area contributed by atoms with Gasteiger partial charge in [0.05, 0.1) is 9.77 Å². The standard InChI is InChI=1S/C12H18ClNO3S2/c1-8(2)5-4-6-14-12(15)10-7-11(9(3)18-10)19(13,16)17/h7-8H,4-6H2,1-3H3,(H,14,15). The number of rotatable bonds is 6. The monoisotopic (exact) mass is 323 g/mol. The summed E-state index contributed by atoms with van der Waals surface area (Å²) in [4.78, 5) is 12.8. The molecule has 0 aliphatic heterocycles. The summed E-state index contributed by atoms with van der Waals surface area (Å²) in [5, 5.41) is 2.78. The molecule has 0 saturated heterocycles. The summed E-state index contributed by atoms with van der Waals surface area (Å²) in [7, 11) is 1.51. The second-order valence-electron chi connectivity index (χ2n) is 4.76. The Morgan fingerprint density at radius 2 is 2.11 bits per heavy atom. The molecule has 0 aliphatic carbocycles. The highest BCUT2D eigenvalue weighted by Gasteiger charge is 2.20. The molecule has 1 rings (SSSR count). The average molecular weight is 324 g/mol. The lowest BCUT2D eigenvalue weighted by Gasteiger charge is -2.05. The largest absolute Gasteiger partial charge is 0.351 e. The van der Waals surface area contributed by atoms with Crippen molar-refractivity contribution in [3.63, 3.8) is 0 Å². The van der Waals surface area contributed by atoms with E-state index in [1.54, 1.807) is 6.92 Å². The molecule has 0 bridgehead atoms. The molecule has 0 spiro atoms. The molecule has 0 aromatic carbocycles. The van der Waals surface area contributed by atoms with Crippen LogP contribution in [0.25, 0.3) is 0 Å². The lowest BCUT2D eigenvalue weighted by Crippen LogP contribution is -2.23. The van der Waals surface area contributed by atoms with Gasteiger partial charge in [-0.3, -0.25) is 4.79 Å². The SMILES string of the molecule is Cc1sc(C(=O)NCCCC(C)C)cc1S(=O)(=O)Cl. The molecule has 0 aliphatic rings. The van der Waals surface area contributed by atoms with Gasteiger partial charge in [-0.25, -0.2) is 8.42 Å². The Labute approximate surface area is 122 Å². The van der Waals surface area contributed by atoms with E-state index in [0.29, 0.717) is 22.2 Å². The zero-order chi connectivity index (χ0) is 14.6. The summed E-state index contributed by atoms with van der Waals surface area (Å²) in [6.07, 6.45) is 1.96. The van der Waals surface area contributed by atoms with Crippen LogP contribution in [0.2, 0.25) is 0 Å². The maximum Gasteiger partial charge on any atom is 0.262 e. The third-order valence-corrected chi connectivity index (χ3v) is 5.23. The average Bonchev–Trinajstić information content (AvgIpc) is 2.66. The Morgan fingerprint density at radius 3 is 2.58 bits per heavy atom. The molecule has 0 radical (unpaired) electrons. The third-order valence-electron chi connectivity index (χ3n) is 2.60. The number of carbonyl (C=O) groups excluding carboxylic acids is 1. The molecule has 108 valence electrons. The summed E-state index contributed by atoms with van der Waals surface area (Å²) in [6, 6.07) is 1.33. The molecule has 1 N–H and O–H groups in total. The van der Waals surface area contributed by atoms with Crippen LogP contribution in [-0.4, -0.2) is 20.9 Å². The van der Waals surface area contributed by atoms with E-state index in [9.17, 15) is 13.2 Å². The summed E-state index contributed by atoms with van der Waals surface area (Å²) in [6.45, 7) is 6.48. The quantitative estimate of drug-likeness (QED) is 0.646. The summed E-state index contributed by atoms with van der Waals surface area (Å²) >= 11 is 1.14. The fourth-order valence-electron chi connectivity index (χ4n) is 1.62. The number of aryl methyl sites for hydroxylation is 1. The van der Waals surface area contributed by atoms with E-state index in [1.807, 2.05) is 0 Å². The van der Waals surface area contributed by atoms with Gasteiger partial charge in [0.2, 0.25) is 0 Å². The van der Waals surface area contributed by atoms with Crippen molar-refractivity contribution in [2.75, 3.05) is 6.54 Å². The highest BCUT2D eigenvalue weighted by molar-refractivity contribution is 8.13. The first-order valence-corrected chi connectivity index (χ1v) is 9.17. The van der Waals surface area contributed by atoms with Crippen molar-refractivity contribution in [3.05, 3.63) is 15.8 Å². The molecule has 1 aromatic rings. The molecule has 0 saturated carbocycles. The van der Waals surface area contributed by atoms with Gasteiger partial charge in [0, 0.05) is 22.1 Å². The van der Waals surface area contributed by atoms with E-state index in [1.165, 1.54) is 6.07 Å². The van der Waals surface area contributed by atoms with Crippen molar-refractivity contribution in [1.29, 1.82) is 0 Å². The Morgan fingerprint density at radius 1 is 1.47 bits per heavy atom. The minimum absolute atomic E-state index is 0.0199. The van der Waals surface area contributed by atoms with Crippen LogP contribution in [0.5, 0.6) is 0 Å². The second-order valence-corrected chi connectivity index (χ2v) is 8.55. The van der Waals surface area contributed by atoms with Gasteiger partial charge < -0.3 is 5.32 Å². The van der Waals surface area contributed by atoms with Crippen molar-refractivity contribution in [2.24, 2.45) is 5.92 Å². The number of thiophene rings is 1. The predicted molar refractivity (Wildman–Crippen MR) is 78.5 cm³/mol. The highest BCUT2D eigenvalue weighted by Crippen LogP contribution is 2.28. The minimum atomic E-state index is -3.78. The Balaban J connectivity index is 2.64. The van der Waals surface area contributed by atoms with E-state index in [0.717, 1.165) is 24.2 Å². The van der Waals surface area contributed by atoms with Gasteiger partial charge >= 0.3 is 0 Å². The number of halogens is 1. The molecule has 1 amide bonds. The van der Waals surface area contributed by atoms with Gasteiger partial charge in [0.1, 0.15) is 0 Å². The Kier molecular flexibility index (Phi) is 5.82. The molecule has 1 aromatic heterocycles. The van der Waals surface area contributed by atoms with E-state index in [4.69, 9.17) is 10.7 Å². The van der Waals surface area contributed by atoms with Crippen LogP contribution in [0.15, 0.2) is 11.0 Å². The topological polar surface area (TPSA) is 63.2 Å². The number of hydrogen-bond acceptors (Lipinski definition) is 4. The number of hydrogen-bond donors (Lipinski definition) is 1. The molecular weight excluding hydrogens is 306 g/mol.